The summed E-state index contributed by atoms with van der Waals surface area (Å²) >= 11 is 0. The van der Waals surface area contributed by atoms with Gasteiger partial charge in [-0.05, 0) is 76.5 Å². The van der Waals surface area contributed by atoms with Crippen molar-refractivity contribution in [1.82, 2.24) is 0 Å². The summed E-state index contributed by atoms with van der Waals surface area (Å²) in [6.45, 7) is 7.41. The van der Waals surface area contributed by atoms with Crippen LogP contribution in [0.3, 0.4) is 0 Å². The molecule has 0 aromatic carbocycles. The van der Waals surface area contributed by atoms with Crippen LogP contribution in [0.5, 0.6) is 0 Å². The summed E-state index contributed by atoms with van der Waals surface area (Å²) in [5, 5.41) is 9.61. The Hall–Kier alpha value is -1.01. The lowest BCUT2D eigenvalue weighted by atomic mass is 9.77. The van der Waals surface area contributed by atoms with E-state index in [-0.39, 0.29) is 31.2 Å². The Morgan fingerprint density at radius 3 is 2.24 bits per heavy atom. The van der Waals surface area contributed by atoms with Crippen molar-refractivity contribution in [3.8, 4) is 0 Å². The number of unbranched alkanes of at least 4 members (excludes halogenated alkanes) is 3. The zero-order chi connectivity index (χ0) is 24.3. The van der Waals surface area contributed by atoms with Crippen LogP contribution in [0.2, 0.25) is 0 Å². The molecule has 0 saturated heterocycles. The van der Waals surface area contributed by atoms with Gasteiger partial charge in [-0.1, -0.05) is 45.6 Å². The highest BCUT2D eigenvalue weighted by Gasteiger charge is 2.45. The molecule has 192 valence electrons. The Kier molecular flexibility index (Phi) is 12.3. The Labute approximate surface area is 199 Å². The number of alkyl halides is 2. The maximum absolute atomic E-state index is 14.9. The van der Waals surface area contributed by atoms with E-state index in [0.717, 1.165) is 25.7 Å². The van der Waals surface area contributed by atoms with Crippen molar-refractivity contribution < 1.29 is 28.2 Å². The van der Waals surface area contributed by atoms with Crippen molar-refractivity contribution in [2.24, 2.45) is 23.7 Å². The van der Waals surface area contributed by atoms with Crippen LogP contribution in [0.1, 0.15) is 104 Å². The van der Waals surface area contributed by atoms with Crippen molar-refractivity contribution in [1.29, 1.82) is 0 Å². The van der Waals surface area contributed by atoms with E-state index in [1.54, 1.807) is 6.92 Å². The van der Waals surface area contributed by atoms with Crippen LogP contribution in [0, 0.1) is 23.7 Å². The van der Waals surface area contributed by atoms with E-state index in [1.165, 1.54) is 32.1 Å². The Bertz CT molecular complexity index is 579. The third kappa shape index (κ3) is 10.0. The van der Waals surface area contributed by atoms with Gasteiger partial charge in [0.1, 0.15) is 0 Å². The lowest BCUT2D eigenvalue weighted by molar-refractivity contribution is -0.302. The summed E-state index contributed by atoms with van der Waals surface area (Å²) in [6, 6.07) is 0. The van der Waals surface area contributed by atoms with Gasteiger partial charge in [0.15, 0.2) is 0 Å². The van der Waals surface area contributed by atoms with Gasteiger partial charge >= 0.3 is 12.1 Å². The number of carbonyl (C=O) groups excluding carboxylic acids is 1. The molecule has 0 bridgehead atoms. The highest BCUT2D eigenvalue weighted by molar-refractivity contribution is 5.86. The third-order valence-corrected chi connectivity index (χ3v) is 7.63. The van der Waals surface area contributed by atoms with Crippen LogP contribution in [0.4, 0.5) is 8.78 Å². The first-order valence-corrected chi connectivity index (χ1v) is 13.2. The van der Waals surface area contributed by atoms with Crippen LogP contribution in [0.25, 0.3) is 0 Å². The fraction of sp³-hybridized carbons (Fsp3) is 0.889. The first kappa shape index (κ1) is 28.2. The molecule has 2 aliphatic rings. The standard InChI is InChI=1S/C27H46F2O4/c1-4-5-6-7-8-21-11-15-25(16-12-21)33-27(28,29)24-13-9-22(10-14-24)17-23(18-30)19-32-26(31)20(2)3/h21-25,30H,2,4-19H2,1,3H3. The van der Waals surface area contributed by atoms with Crippen LogP contribution < -0.4 is 0 Å². The molecule has 6 heteroatoms. The molecule has 0 heterocycles. The fourth-order valence-corrected chi connectivity index (χ4v) is 5.43. The molecule has 0 aromatic heterocycles. The number of rotatable bonds is 14. The molecular formula is C27H46F2O4. The van der Waals surface area contributed by atoms with Crippen LogP contribution in [-0.2, 0) is 14.3 Å². The third-order valence-electron chi connectivity index (χ3n) is 7.63. The number of carbonyl (C=O) groups is 1. The molecule has 1 N–H and O–H groups in total. The highest BCUT2D eigenvalue weighted by atomic mass is 19.3. The monoisotopic (exact) mass is 472 g/mol. The molecule has 0 spiro atoms. The fourth-order valence-electron chi connectivity index (χ4n) is 5.43. The molecule has 0 radical (unpaired) electrons. The molecule has 2 saturated carbocycles. The smallest absolute Gasteiger partial charge is 0.358 e. The summed E-state index contributed by atoms with van der Waals surface area (Å²) in [6.07, 6.45) is 9.41. The number of hydrogen-bond acceptors (Lipinski definition) is 4. The van der Waals surface area contributed by atoms with Gasteiger partial charge in [0.25, 0.3) is 0 Å². The van der Waals surface area contributed by atoms with Gasteiger partial charge < -0.3 is 14.6 Å². The molecule has 0 aliphatic heterocycles. The van der Waals surface area contributed by atoms with Gasteiger partial charge in [0.05, 0.1) is 18.6 Å². The van der Waals surface area contributed by atoms with Crippen molar-refractivity contribution in [2.45, 2.75) is 116 Å². The van der Waals surface area contributed by atoms with E-state index in [9.17, 15) is 18.7 Å². The minimum Gasteiger partial charge on any atom is -0.462 e. The molecule has 2 fully saturated rings. The molecule has 1 atom stereocenters. The van der Waals surface area contributed by atoms with Crippen LogP contribution in [-0.4, -0.2) is 36.5 Å². The van der Waals surface area contributed by atoms with E-state index in [4.69, 9.17) is 9.47 Å². The maximum atomic E-state index is 14.9. The van der Waals surface area contributed by atoms with E-state index in [1.807, 2.05) is 0 Å². The maximum Gasteiger partial charge on any atom is 0.358 e. The molecule has 4 nitrogen and oxygen atoms in total. The average molecular weight is 473 g/mol. The number of ether oxygens (including phenoxy) is 2. The van der Waals surface area contributed by atoms with E-state index in [0.29, 0.717) is 43.6 Å². The molecule has 2 aliphatic carbocycles. The SMILES string of the molecule is C=C(C)C(=O)OCC(CO)CC1CCC(C(F)(F)OC2CCC(CCCCCC)CC2)CC1. The zero-order valence-electron chi connectivity index (χ0n) is 20.8. The first-order chi connectivity index (χ1) is 15.7. The van der Waals surface area contributed by atoms with Gasteiger partial charge in [0.2, 0.25) is 0 Å². The predicted molar refractivity (Wildman–Crippen MR) is 127 cm³/mol. The van der Waals surface area contributed by atoms with Gasteiger partial charge in [-0.3, -0.25) is 0 Å². The first-order valence-electron chi connectivity index (χ1n) is 13.2. The van der Waals surface area contributed by atoms with Gasteiger partial charge in [-0.25, -0.2) is 4.79 Å². The number of halogens is 2. The van der Waals surface area contributed by atoms with Crippen molar-refractivity contribution >= 4 is 5.97 Å². The van der Waals surface area contributed by atoms with Gasteiger partial charge in [-0.2, -0.15) is 8.78 Å². The second kappa shape index (κ2) is 14.4. The topological polar surface area (TPSA) is 55.8 Å². The zero-order valence-corrected chi connectivity index (χ0v) is 20.8. The second-order valence-corrected chi connectivity index (χ2v) is 10.6. The Morgan fingerprint density at radius 1 is 1.03 bits per heavy atom. The quantitative estimate of drug-likeness (QED) is 0.167. The van der Waals surface area contributed by atoms with E-state index >= 15 is 0 Å². The minimum atomic E-state index is -3.06. The average Bonchev–Trinajstić information content (AvgIpc) is 2.80. The van der Waals surface area contributed by atoms with Gasteiger partial charge in [-0.15, -0.1) is 0 Å². The number of esters is 1. The summed E-state index contributed by atoms with van der Waals surface area (Å²) in [7, 11) is 0. The van der Waals surface area contributed by atoms with Crippen molar-refractivity contribution in [3.05, 3.63) is 12.2 Å². The van der Waals surface area contributed by atoms with Crippen LogP contribution in [0.15, 0.2) is 12.2 Å². The predicted octanol–water partition coefficient (Wildman–Crippen LogP) is 7.05. The normalized spacial score (nSPS) is 27.2. The summed E-state index contributed by atoms with van der Waals surface area (Å²) in [4.78, 5) is 11.6. The van der Waals surface area contributed by atoms with Crippen molar-refractivity contribution in [2.75, 3.05) is 13.2 Å². The summed E-state index contributed by atoms with van der Waals surface area (Å²) in [5.74, 6) is -0.404. The molecule has 1 unspecified atom stereocenters. The molecule has 0 amide bonds. The molecular weight excluding hydrogens is 426 g/mol. The van der Waals surface area contributed by atoms with Crippen molar-refractivity contribution in [3.63, 3.8) is 0 Å². The number of aliphatic hydroxyl groups excluding tert-OH is 1. The van der Waals surface area contributed by atoms with E-state index in [2.05, 4.69) is 13.5 Å². The summed E-state index contributed by atoms with van der Waals surface area (Å²) < 4.78 is 40.3. The van der Waals surface area contributed by atoms with E-state index < -0.39 is 18.0 Å². The summed E-state index contributed by atoms with van der Waals surface area (Å²) in [5.41, 5.74) is 0.329. The lowest BCUT2D eigenvalue weighted by Gasteiger charge is -2.37. The minimum absolute atomic E-state index is 0.0794. The number of aliphatic hydroxyl groups is 1. The Balaban J connectivity index is 1.68. The Morgan fingerprint density at radius 2 is 1.67 bits per heavy atom. The highest BCUT2D eigenvalue weighted by Crippen LogP contribution is 2.43. The lowest BCUT2D eigenvalue weighted by Crippen LogP contribution is -2.39. The van der Waals surface area contributed by atoms with Gasteiger partial charge in [0, 0.05) is 18.1 Å². The second-order valence-electron chi connectivity index (χ2n) is 10.6. The number of hydrogen-bond donors (Lipinski definition) is 1. The molecule has 33 heavy (non-hydrogen) atoms. The molecule has 0 aromatic rings. The van der Waals surface area contributed by atoms with Crippen LogP contribution >= 0.6 is 0 Å². The largest absolute Gasteiger partial charge is 0.462 e. The molecule has 2 rings (SSSR count).